The minimum atomic E-state index is -4.57. The number of hydrazone groups is 1. The van der Waals surface area contributed by atoms with Gasteiger partial charge in [-0.2, -0.15) is 18.3 Å². The van der Waals surface area contributed by atoms with E-state index < -0.39 is 28.0 Å². The van der Waals surface area contributed by atoms with Gasteiger partial charge in [0.1, 0.15) is 11.5 Å². The third-order valence-corrected chi connectivity index (χ3v) is 5.50. The molecule has 0 spiro atoms. The average molecular weight is 413 g/mol. The quantitative estimate of drug-likeness (QED) is 0.831. The van der Waals surface area contributed by atoms with Crippen LogP contribution in [0.1, 0.15) is 23.6 Å². The minimum Gasteiger partial charge on any atom is -0.496 e. The summed E-state index contributed by atoms with van der Waals surface area (Å²) in [6.07, 6.45) is -4.91. The maximum absolute atomic E-state index is 13.3. The molecule has 0 aromatic heterocycles. The molecule has 3 rings (SSSR count). The van der Waals surface area contributed by atoms with Gasteiger partial charge in [0.2, 0.25) is 10.0 Å². The lowest BCUT2D eigenvalue weighted by Crippen LogP contribution is -2.22. The van der Waals surface area contributed by atoms with Crippen LogP contribution in [-0.4, -0.2) is 27.4 Å². The highest BCUT2D eigenvalue weighted by Crippen LogP contribution is 2.41. The molecule has 0 bridgehead atoms. The van der Waals surface area contributed by atoms with Crippen LogP contribution in [0, 0.1) is 6.92 Å². The maximum Gasteiger partial charge on any atom is 0.431 e. The number of methoxy groups -OCH3 is 1. The number of sulfonamides is 1. The highest BCUT2D eigenvalue weighted by atomic mass is 32.2. The van der Waals surface area contributed by atoms with Gasteiger partial charge in [-0.1, -0.05) is 12.1 Å². The SMILES string of the molecule is COc1cccc(C2CC(C(F)(F)F)=NN2c2ccc(S(N)(=O)=O)cc2)c1C. The summed E-state index contributed by atoms with van der Waals surface area (Å²) >= 11 is 0. The van der Waals surface area contributed by atoms with Crippen LogP contribution in [0.4, 0.5) is 18.9 Å². The van der Waals surface area contributed by atoms with Gasteiger partial charge >= 0.3 is 6.18 Å². The third-order valence-electron chi connectivity index (χ3n) is 4.57. The Morgan fingerprint density at radius 2 is 1.82 bits per heavy atom. The Hall–Kier alpha value is -2.59. The van der Waals surface area contributed by atoms with Crippen LogP contribution in [0.15, 0.2) is 52.5 Å². The molecule has 0 aliphatic carbocycles. The van der Waals surface area contributed by atoms with E-state index in [-0.39, 0.29) is 11.3 Å². The number of nitrogens with two attached hydrogens (primary N) is 1. The molecule has 150 valence electrons. The summed E-state index contributed by atoms with van der Waals surface area (Å²) in [5, 5.41) is 10.1. The lowest BCUT2D eigenvalue weighted by atomic mass is 9.96. The molecule has 1 heterocycles. The Morgan fingerprint density at radius 1 is 1.18 bits per heavy atom. The van der Waals surface area contributed by atoms with E-state index >= 15 is 0 Å². The predicted octanol–water partition coefficient (Wildman–Crippen LogP) is 3.52. The largest absolute Gasteiger partial charge is 0.496 e. The van der Waals surface area contributed by atoms with Crippen LogP contribution in [0.2, 0.25) is 0 Å². The van der Waals surface area contributed by atoms with E-state index in [1.807, 2.05) is 0 Å². The zero-order valence-electron chi connectivity index (χ0n) is 15.1. The van der Waals surface area contributed by atoms with Crippen molar-refractivity contribution < 1.29 is 26.3 Å². The van der Waals surface area contributed by atoms with E-state index in [0.29, 0.717) is 22.6 Å². The number of rotatable bonds is 4. The van der Waals surface area contributed by atoms with Crippen LogP contribution < -0.4 is 14.9 Å². The van der Waals surface area contributed by atoms with Crippen molar-refractivity contribution in [3.63, 3.8) is 0 Å². The van der Waals surface area contributed by atoms with Crippen LogP contribution in [-0.2, 0) is 10.0 Å². The van der Waals surface area contributed by atoms with Gasteiger partial charge in [0.15, 0.2) is 0 Å². The van der Waals surface area contributed by atoms with Crippen molar-refractivity contribution in [2.75, 3.05) is 12.1 Å². The Morgan fingerprint density at radius 3 is 2.36 bits per heavy atom. The molecular weight excluding hydrogens is 395 g/mol. The highest BCUT2D eigenvalue weighted by Gasteiger charge is 2.44. The first-order valence-electron chi connectivity index (χ1n) is 8.22. The molecule has 0 fully saturated rings. The second-order valence-electron chi connectivity index (χ2n) is 6.32. The molecule has 0 radical (unpaired) electrons. The van der Waals surface area contributed by atoms with Gasteiger partial charge in [-0.25, -0.2) is 13.6 Å². The van der Waals surface area contributed by atoms with E-state index in [1.165, 1.54) is 36.4 Å². The Kier molecular flexibility index (Phi) is 5.11. The molecule has 1 atom stereocenters. The van der Waals surface area contributed by atoms with Gasteiger partial charge in [0.05, 0.1) is 23.7 Å². The second-order valence-corrected chi connectivity index (χ2v) is 7.88. The number of halogens is 3. The van der Waals surface area contributed by atoms with E-state index in [4.69, 9.17) is 9.88 Å². The van der Waals surface area contributed by atoms with Crippen molar-refractivity contribution in [3.8, 4) is 5.75 Å². The Bertz CT molecular complexity index is 1020. The van der Waals surface area contributed by atoms with E-state index in [2.05, 4.69) is 5.10 Å². The topological polar surface area (TPSA) is 85.0 Å². The number of ether oxygens (including phenoxy) is 1. The monoisotopic (exact) mass is 413 g/mol. The molecule has 6 nitrogen and oxygen atoms in total. The van der Waals surface area contributed by atoms with E-state index in [9.17, 15) is 21.6 Å². The molecule has 10 heteroatoms. The lowest BCUT2D eigenvalue weighted by molar-refractivity contribution is -0.0600. The van der Waals surface area contributed by atoms with Gasteiger partial charge in [-0.15, -0.1) is 0 Å². The summed E-state index contributed by atoms with van der Waals surface area (Å²) in [7, 11) is -2.42. The maximum atomic E-state index is 13.3. The van der Waals surface area contributed by atoms with Gasteiger partial charge in [-0.05, 0) is 48.4 Å². The first-order chi connectivity index (χ1) is 13.0. The molecule has 0 amide bonds. The van der Waals surface area contributed by atoms with Gasteiger partial charge < -0.3 is 4.74 Å². The molecule has 2 N–H and O–H groups in total. The van der Waals surface area contributed by atoms with Crippen molar-refractivity contribution in [3.05, 3.63) is 53.6 Å². The molecular formula is C18H18F3N3O3S. The third kappa shape index (κ3) is 3.83. The van der Waals surface area contributed by atoms with Gasteiger partial charge in [-0.3, -0.25) is 5.01 Å². The summed E-state index contributed by atoms with van der Waals surface area (Å²) in [6.45, 7) is 1.77. The fraction of sp³-hybridized carbons (Fsp3) is 0.278. The normalized spacial score (nSPS) is 17.6. The molecule has 1 aliphatic heterocycles. The number of hydrogen-bond donors (Lipinski definition) is 1. The van der Waals surface area contributed by atoms with Crippen LogP contribution in [0.3, 0.4) is 0 Å². The summed E-state index contributed by atoms with van der Waals surface area (Å²) in [4.78, 5) is -0.135. The Balaban J connectivity index is 2.07. The highest BCUT2D eigenvalue weighted by molar-refractivity contribution is 7.89. The Labute approximate surface area is 160 Å². The van der Waals surface area contributed by atoms with E-state index in [1.54, 1.807) is 25.1 Å². The number of alkyl halides is 3. The predicted molar refractivity (Wildman–Crippen MR) is 98.9 cm³/mol. The smallest absolute Gasteiger partial charge is 0.431 e. The molecule has 28 heavy (non-hydrogen) atoms. The van der Waals surface area contributed by atoms with Crippen molar-refractivity contribution >= 4 is 21.4 Å². The summed E-state index contributed by atoms with van der Waals surface area (Å²) in [6, 6.07) is 9.67. The van der Waals surface area contributed by atoms with Crippen molar-refractivity contribution in [2.24, 2.45) is 10.2 Å². The van der Waals surface area contributed by atoms with Gasteiger partial charge in [0.25, 0.3) is 0 Å². The first kappa shape index (κ1) is 20.2. The van der Waals surface area contributed by atoms with Gasteiger partial charge in [0, 0.05) is 6.42 Å². The standard InChI is InChI=1S/C18H18F3N3O3S/c1-11-14(4-3-5-16(11)27-2)15-10-17(18(19,20)21)23-24(15)12-6-8-13(9-7-12)28(22,25)26/h3-9,15H,10H2,1-2H3,(H2,22,25,26). The molecule has 1 aliphatic rings. The van der Waals surface area contributed by atoms with E-state index in [0.717, 1.165) is 0 Å². The zero-order chi connectivity index (χ0) is 20.7. The molecule has 2 aromatic rings. The molecule has 0 saturated carbocycles. The summed E-state index contributed by atoms with van der Waals surface area (Å²) in [5.41, 5.74) is 0.756. The number of primary sulfonamides is 1. The number of anilines is 1. The van der Waals surface area contributed by atoms with Crippen LogP contribution >= 0.6 is 0 Å². The lowest BCUT2D eigenvalue weighted by Gasteiger charge is -2.26. The second kappa shape index (κ2) is 7.10. The van der Waals surface area contributed by atoms with Crippen molar-refractivity contribution in [2.45, 2.75) is 30.5 Å². The fourth-order valence-electron chi connectivity index (χ4n) is 3.16. The fourth-order valence-corrected chi connectivity index (χ4v) is 3.68. The number of nitrogens with zero attached hydrogens (tertiary/aromatic N) is 2. The first-order valence-corrected chi connectivity index (χ1v) is 9.77. The number of hydrogen-bond acceptors (Lipinski definition) is 5. The summed E-state index contributed by atoms with van der Waals surface area (Å²) in [5.74, 6) is 0.558. The number of benzene rings is 2. The van der Waals surface area contributed by atoms with Crippen LogP contribution in [0.25, 0.3) is 0 Å². The molecule has 1 unspecified atom stereocenters. The van der Waals surface area contributed by atoms with Crippen LogP contribution in [0.5, 0.6) is 5.75 Å². The zero-order valence-corrected chi connectivity index (χ0v) is 15.9. The van der Waals surface area contributed by atoms with Crippen molar-refractivity contribution in [1.82, 2.24) is 0 Å². The minimum absolute atomic E-state index is 0.135. The molecule has 0 saturated heterocycles. The van der Waals surface area contributed by atoms with Crippen molar-refractivity contribution in [1.29, 1.82) is 0 Å². The average Bonchev–Trinajstić information content (AvgIpc) is 3.07. The molecule has 2 aromatic carbocycles. The summed E-state index contributed by atoms with van der Waals surface area (Å²) < 4.78 is 68.1.